The third kappa shape index (κ3) is 8.66. The molecule has 0 radical (unpaired) electrons. The van der Waals surface area contributed by atoms with Crippen molar-refractivity contribution in [1.82, 2.24) is 24.9 Å². The summed E-state index contributed by atoms with van der Waals surface area (Å²) < 4.78 is 0. The van der Waals surface area contributed by atoms with Gasteiger partial charge in [-0.2, -0.15) is 5.26 Å². The van der Waals surface area contributed by atoms with Crippen LogP contribution < -0.4 is 27.3 Å². The van der Waals surface area contributed by atoms with E-state index in [4.69, 9.17) is 24.9 Å². The van der Waals surface area contributed by atoms with Crippen LogP contribution >= 0.6 is 0 Å². The minimum absolute atomic E-state index is 0.574. The topological polar surface area (TPSA) is 88.2 Å². The largest absolute Gasteiger partial charge is 0.228 e. The fraction of sp³-hybridized carbons (Fsp3) is 0. The van der Waals surface area contributed by atoms with Gasteiger partial charge in [0.2, 0.25) is 0 Å². The van der Waals surface area contributed by atoms with Gasteiger partial charge in [0.25, 0.3) is 0 Å². The minimum atomic E-state index is 0.574. The molecule has 2 heterocycles. The first kappa shape index (κ1) is 44.6. The average molecular weight is 902 g/mol. The van der Waals surface area contributed by atoms with Gasteiger partial charge in [0, 0.05) is 33.2 Å². The second kappa shape index (κ2) is 18.9. The third-order valence-electron chi connectivity index (χ3n) is 14.0. The lowest BCUT2D eigenvalue weighted by atomic mass is 9.59. The van der Waals surface area contributed by atoms with Gasteiger partial charge in [-0.25, -0.2) is 24.9 Å². The number of aromatic nitrogens is 5. The zero-order valence-corrected chi connectivity index (χ0v) is 40.2. The SMILES string of the molecule is Bc1c(B)c(B)c(-c2ccc(-c3nc(-c4ccccc4)nc4ccccc34)c(-c3ccc(-c4nc(-c5ccccc5)nc(-c5cccc(-c6cccc(-c7cccc(C#N)c7)c6)c5)n4)cc3)c2)c(B)c1B. The molecule has 71 heavy (non-hydrogen) atoms. The summed E-state index contributed by atoms with van der Waals surface area (Å²) in [7, 11) is 11.2. The van der Waals surface area contributed by atoms with Crippen molar-refractivity contribution in [2.75, 3.05) is 0 Å². The number of nitriles is 1. The molecular formula is C60H43B5N6. The molecule has 0 aliphatic heterocycles. The van der Waals surface area contributed by atoms with E-state index in [1.54, 1.807) is 0 Å². The van der Waals surface area contributed by atoms with Gasteiger partial charge in [0.1, 0.15) is 39.2 Å². The number of fused-ring (bicyclic) bond motifs is 1. The summed E-state index contributed by atoms with van der Waals surface area (Å²) in [4.78, 5) is 25.8. The molecule has 2 aromatic heterocycles. The van der Waals surface area contributed by atoms with Crippen LogP contribution in [0.25, 0.3) is 112 Å². The Morgan fingerprint density at radius 2 is 0.746 bits per heavy atom. The number of para-hydroxylation sites is 1. The summed E-state index contributed by atoms with van der Waals surface area (Å²) in [6.45, 7) is 0. The van der Waals surface area contributed by atoms with Crippen molar-refractivity contribution in [3.63, 3.8) is 0 Å². The zero-order chi connectivity index (χ0) is 48.6. The highest BCUT2D eigenvalue weighted by atomic mass is 15.0. The van der Waals surface area contributed by atoms with Crippen LogP contribution in [0, 0.1) is 11.3 Å². The summed E-state index contributed by atoms with van der Waals surface area (Å²) in [6.07, 6.45) is 0. The highest BCUT2D eigenvalue weighted by molar-refractivity contribution is 6.68. The fourth-order valence-corrected chi connectivity index (χ4v) is 9.71. The van der Waals surface area contributed by atoms with E-state index < -0.39 is 0 Å². The molecule has 6 nitrogen and oxygen atoms in total. The Balaban J connectivity index is 1.04. The van der Waals surface area contributed by atoms with Crippen molar-refractivity contribution in [3.8, 4) is 107 Å². The van der Waals surface area contributed by atoms with E-state index in [1.807, 2.05) is 84.9 Å². The van der Waals surface area contributed by atoms with Gasteiger partial charge in [-0.15, -0.1) is 16.4 Å². The number of rotatable bonds is 9. The summed E-state index contributed by atoms with van der Waals surface area (Å²) in [5.41, 5.74) is 22.2. The van der Waals surface area contributed by atoms with E-state index >= 15 is 0 Å². The molecule has 0 N–H and O–H groups in total. The maximum absolute atomic E-state index is 9.55. The van der Waals surface area contributed by atoms with Crippen molar-refractivity contribution in [2.45, 2.75) is 0 Å². The number of benzene rings is 9. The molecule has 11 rings (SSSR count). The van der Waals surface area contributed by atoms with Crippen molar-refractivity contribution in [2.24, 2.45) is 0 Å². The Bertz CT molecular complexity index is 3870. The molecule has 0 bridgehead atoms. The van der Waals surface area contributed by atoms with Crippen LogP contribution in [-0.4, -0.2) is 64.2 Å². The van der Waals surface area contributed by atoms with E-state index in [0.29, 0.717) is 28.9 Å². The molecule has 0 spiro atoms. The van der Waals surface area contributed by atoms with Crippen LogP contribution in [0.5, 0.6) is 0 Å². The molecule has 11 heteroatoms. The first-order valence-corrected chi connectivity index (χ1v) is 23.9. The first-order valence-electron chi connectivity index (χ1n) is 23.9. The highest BCUT2D eigenvalue weighted by Crippen LogP contribution is 2.39. The Labute approximate surface area is 418 Å². The van der Waals surface area contributed by atoms with E-state index in [1.165, 1.54) is 32.9 Å². The van der Waals surface area contributed by atoms with Crippen molar-refractivity contribution < 1.29 is 0 Å². The maximum atomic E-state index is 9.55. The fourth-order valence-electron chi connectivity index (χ4n) is 9.71. The average Bonchev–Trinajstić information content (AvgIpc) is 3.44. The number of nitrogens with zero attached hydrogens (tertiary/aromatic N) is 6. The van der Waals surface area contributed by atoms with Gasteiger partial charge in [-0.05, 0) is 80.9 Å². The van der Waals surface area contributed by atoms with Gasteiger partial charge in [0.05, 0.1) is 22.8 Å². The smallest absolute Gasteiger partial charge is 0.164 e. The summed E-state index contributed by atoms with van der Waals surface area (Å²) in [5, 5.41) is 10.5. The predicted molar refractivity (Wildman–Crippen MR) is 307 cm³/mol. The normalized spacial score (nSPS) is 11.1. The standard InChI is InChI=1S/C60H43B5N6/c61-51-50(52(62)54(64)55(65)53(51)63)44-28-29-46(56-47-22-7-8-23-49(47)67-57(68-56)37-13-3-1-4-14-37)48(33-44)36-24-26-39(27-25-36)59-69-58(38-15-5-2-6-16-38)70-60(71-59)45-21-11-20-43(32-45)42-19-10-18-41(31-42)40-17-9-12-35(30-40)34-66/h1-33H,61-65H2. The molecule has 9 aromatic carbocycles. The Morgan fingerprint density at radius 1 is 0.310 bits per heavy atom. The van der Waals surface area contributed by atoms with Gasteiger partial charge < -0.3 is 0 Å². The van der Waals surface area contributed by atoms with Gasteiger partial charge in [-0.1, -0.05) is 175 Å². The van der Waals surface area contributed by atoms with E-state index in [2.05, 4.69) is 161 Å². The first-order chi connectivity index (χ1) is 34.7. The van der Waals surface area contributed by atoms with Crippen molar-refractivity contribution >= 4 is 77.4 Å². The summed E-state index contributed by atoms with van der Waals surface area (Å²) in [5.74, 6) is 2.42. The van der Waals surface area contributed by atoms with Gasteiger partial charge in [0.15, 0.2) is 23.3 Å². The lowest BCUT2D eigenvalue weighted by Gasteiger charge is -2.22. The molecule has 11 aromatic rings. The molecule has 0 atom stereocenters. The zero-order valence-electron chi connectivity index (χ0n) is 40.2. The second-order valence-corrected chi connectivity index (χ2v) is 18.1. The van der Waals surface area contributed by atoms with E-state index in [-0.39, 0.29) is 0 Å². The molecule has 0 aliphatic carbocycles. The lowest BCUT2D eigenvalue weighted by Crippen LogP contribution is -2.55. The van der Waals surface area contributed by atoms with Crippen LogP contribution in [0.1, 0.15) is 5.56 Å². The van der Waals surface area contributed by atoms with E-state index in [9.17, 15) is 5.26 Å². The van der Waals surface area contributed by atoms with Crippen LogP contribution in [0.2, 0.25) is 0 Å². The molecule has 0 saturated heterocycles. The Hall–Kier alpha value is -8.86. The molecule has 328 valence electrons. The van der Waals surface area contributed by atoms with Crippen LogP contribution in [0.15, 0.2) is 200 Å². The molecule has 0 aliphatic rings. The molecule has 0 saturated carbocycles. The van der Waals surface area contributed by atoms with Crippen LogP contribution in [0.4, 0.5) is 0 Å². The van der Waals surface area contributed by atoms with Crippen LogP contribution in [-0.2, 0) is 0 Å². The number of hydrogen-bond acceptors (Lipinski definition) is 6. The highest BCUT2D eigenvalue weighted by Gasteiger charge is 2.20. The van der Waals surface area contributed by atoms with Gasteiger partial charge in [-0.3, -0.25) is 0 Å². The third-order valence-corrected chi connectivity index (χ3v) is 14.0. The second-order valence-electron chi connectivity index (χ2n) is 18.1. The molecular weight excluding hydrogens is 859 g/mol. The Morgan fingerprint density at radius 3 is 1.35 bits per heavy atom. The predicted octanol–water partition coefficient (Wildman–Crippen LogP) is 5.98. The molecule has 0 amide bonds. The van der Waals surface area contributed by atoms with Crippen molar-refractivity contribution in [3.05, 3.63) is 206 Å². The lowest BCUT2D eigenvalue weighted by molar-refractivity contribution is 1.07. The molecule has 0 fully saturated rings. The van der Waals surface area contributed by atoms with E-state index in [0.717, 1.165) is 83.4 Å². The monoisotopic (exact) mass is 902 g/mol. The van der Waals surface area contributed by atoms with Gasteiger partial charge >= 0.3 is 0 Å². The quantitative estimate of drug-likeness (QED) is 0.166. The van der Waals surface area contributed by atoms with Crippen LogP contribution in [0.3, 0.4) is 0 Å². The van der Waals surface area contributed by atoms with Crippen molar-refractivity contribution in [1.29, 1.82) is 5.26 Å². The molecule has 0 unspecified atom stereocenters. The maximum Gasteiger partial charge on any atom is 0.164 e. The Kier molecular flexibility index (Phi) is 11.9. The minimum Gasteiger partial charge on any atom is -0.228 e. The number of hydrogen-bond donors (Lipinski definition) is 0. The summed E-state index contributed by atoms with van der Waals surface area (Å²) in [6, 6.07) is 70.7. The summed E-state index contributed by atoms with van der Waals surface area (Å²) >= 11 is 0.